The van der Waals surface area contributed by atoms with Gasteiger partial charge in [0.1, 0.15) is 0 Å². The molecule has 0 spiro atoms. The number of hydrogen-bond acceptors (Lipinski definition) is 4. The highest BCUT2D eigenvalue weighted by molar-refractivity contribution is 6.34. The van der Waals surface area contributed by atoms with Crippen LogP contribution in [0.2, 0.25) is 10.0 Å². The second kappa shape index (κ2) is 9.43. The van der Waals surface area contributed by atoms with Crippen molar-refractivity contribution in [1.82, 2.24) is 5.43 Å². The molecule has 0 aliphatic carbocycles. The van der Waals surface area contributed by atoms with Crippen molar-refractivity contribution in [2.75, 3.05) is 12.1 Å². The van der Waals surface area contributed by atoms with E-state index in [1.807, 2.05) is 30.3 Å². The van der Waals surface area contributed by atoms with Crippen LogP contribution in [-0.2, 0) is 10.4 Å². The number of anilines is 1. The van der Waals surface area contributed by atoms with Gasteiger partial charge in [-0.1, -0.05) is 52.6 Å². The van der Waals surface area contributed by atoms with Crippen LogP contribution in [0.3, 0.4) is 0 Å². The number of aryl methyl sites for hydroxylation is 1. The molecule has 1 heterocycles. The number of hydrogen-bond donors (Lipinski definition) is 1. The van der Waals surface area contributed by atoms with E-state index in [0.29, 0.717) is 16.7 Å². The van der Waals surface area contributed by atoms with Crippen LogP contribution in [0.1, 0.15) is 33.5 Å². The highest BCUT2D eigenvalue weighted by Crippen LogP contribution is 2.49. The Morgan fingerprint density at radius 1 is 1.06 bits per heavy atom. The van der Waals surface area contributed by atoms with Crippen molar-refractivity contribution in [3.05, 3.63) is 99.0 Å². The second-order valence-corrected chi connectivity index (χ2v) is 9.03. The number of alkyl halides is 3. The smallest absolute Gasteiger partial charge is 0.374 e. The van der Waals surface area contributed by atoms with Gasteiger partial charge in [0.05, 0.1) is 11.4 Å². The quantitative estimate of drug-likeness (QED) is 0.381. The summed E-state index contributed by atoms with van der Waals surface area (Å²) >= 11 is 11.9. The fourth-order valence-electron chi connectivity index (χ4n) is 3.87. The van der Waals surface area contributed by atoms with Crippen LogP contribution >= 0.6 is 23.2 Å². The predicted octanol–water partition coefficient (Wildman–Crippen LogP) is 6.67. The van der Waals surface area contributed by atoms with Crippen molar-refractivity contribution in [2.24, 2.45) is 5.16 Å². The van der Waals surface area contributed by atoms with E-state index in [1.165, 1.54) is 18.2 Å². The van der Waals surface area contributed by atoms with Gasteiger partial charge in [-0.25, -0.2) is 0 Å². The molecule has 5 nitrogen and oxygen atoms in total. The van der Waals surface area contributed by atoms with Crippen molar-refractivity contribution in [3.63, 3.8) is 0 Å². The van der Waals surface area contributed by atoms with Crippen LogP contribution in [0, 0.1) is 6.92 Å². The number of halogens is 5. The van der Waals surface area contributed by atoms with Crippen molar-refractivity contribution in [3.8, 4) is 0 Å². The fraction of sp³-hybridized carbons (Fsp3) is 0.200. The number of nitrogens with one attached hydrogen (secondary N) is 1. The molecule has 0 radical (unpaired) electrons. The van der Waals surface area contributed by atoms with Crippen molar-refractivity contribution >= 4 is 40.5 Å². The van der Waals surface area contributed by atoms with E-state index in [4.69, 9.17) is 28.0 Å². The molecule has 1 aliphatic heterocycles. The van der Waals surface area contributed by atoms with Gasteiger partial charge in [-0.05, 0) is 60.5 Å². The summed E-state index contributed by atoms with van der Waals surface area (Å²) in [5.74, 6) is -0.358. The Morgan fingerprint density at radius 3 is 2.31 bits per heavy atom. The first-order valence-corrected chi connectivity index (χ1v) is 11.2. The number of nitrogens with zero attached hydrogens (tertiary/aromatic N) is 2. The molecule has 0 aromatic heterocycles. The van der Waals surface area contributed by atoms with Gasteiger partial charge in [0.2, 0.25) is 0 Å². The van der Waals surface area contributed by atoms with Crippen LogP contribution in [-0.4, -0.2) is 24.8 Å². The maximum Gasteiger partial charge on any atom is 0.435 e. The average molecular weight is 522 g/mol. The first-order valence-electron chi connectivity index (χ1n) is 10.5. The average Bonchev–Trinajstić information content (AvgIpc) is 3.26. The van der Waals surface area contributed by atoms with Gasteiger partial charge in [0.25, 0.3) is 11.5 Å². The monoisotopic (exact) mass is 521 g/mol. The lowest BCUT2D eigenvalue weighted by atomic mass is 9.86. The van der Waals surface area contributed by atoms with Crippen LogP contribution in [0.4, 0.5) is 18.9 Å². The molecule has 1 atom stereocenters. The molecule has 4 rings (SSSR count). The maximum absolute atomic E-state index is 14.2. The fourth-order valence-corrected chi connectivity index (χ4v) is 4.40. The SMILES string of the molecule is Cc1cc(C2=NOC(c3cc(Cl)cc(Cl)c3)(C(F)(F)F)C2)ccc1C(=O)NN(C)c1ccccc1. The van der Waals surface area contributed by atoms with E-state index in [-0.39, 0.29) is 27.2 Å². The van der Waals surface area contributed by atoms with Gasteiger partial charge < -0.3 is 4.84 Å². The van der Waals surface area contributed by atoms with E-state index in [0.717, 1.165) is 5.69 Å². The Hall–Kier alpha value is -3.23. The van der Waals surface area contributed by atoms with Gasteiger partial charge in [-0.15, -0.1) is 0 Å². The lowest BCUT2D eigenvalue weighted by Gasteiger charge is -2.29. The Labute approximate surface area is 210 Å². The Bertz CT molecular complexity index is 1280. The first-order chi connectivity index (χ1) is 16.5. The lowest BCUT2D eigenvalue weighted by molar-refractivity contribution is -0.275. The van der Waals surface area contributed by atoms with Crippen LogP contribution in [0.5, 0.6) is 0 Å². The highest BCUT2D eigenvalue weighted by Gasteiger charge is 2.62. The zero-order valence-corrected chi connectivity index (χ0v) is 20.2. The number of amides is 1. The van der Waals surface area contributed by atoms with Crippen molar-refractivity contribution in [1.29, 1.82) is 0 Å². The van der Waals surface area contributed by atoms with Crippen LogP contribution < -0.4 is 10.4 Å². The molecule has 0 fully saturated rings. The number of carbonyl (C=O) groups is 1. The molecule has 0 saturated carbocycles. The molecular formula is C25H20Cl2F3N3O2. The molecule has 0 saturated heterocycles. The summed E-state index contributed by atoms with van der Waals surface area (Å²) in [7, 11) is 1.71. The first kappa shape index (κ1) is 24.9. The Kier molecular flexibility index (Phi) is 6.71. The summed E-state index contributed by atoms with van der Waals surface area (Å²) in [6, 6.07) is 17.6. The molecule has 1 unspecified atom stereocenters. The zero-order chi connectivity index (χ0) is 25.4. The van der Waals surface area contributed by atoms with Gasteiger partial charge in [-0.3, -0.25) is 15.2 Å². The molecule has 182 valence electrons. The van der Waals surface area contributed by atoms with Gasteiger partial charge in [0, 0.05) is 34.6 Å². The molecule has 35 heavy (non-hydrogen) atoms. The summed E-state index contributed by atoms with van der Waals surface area (Å²) in [6.45, 7) is 1.70. The highest BCUT2D eigenvalue weighted by atomic mass is 35.5. The number of carbonyl (C=O) groups excluding carboxylic acids is 1. The Balaban J connectivity index is 1.57. The third-order valence-electron chi connectivity index (χ3n) is 5.73. The summed E-state index contributed by atoms with van der Waals surface area (Å²) in [5, 5.41) is 5.46. The third kappa shape index (κ3) is 4.94. The van der Waals surface area contributed by atoms with Gasteiger partial charge in [-0.2, -0.15) is 13.2 Å². The van der Waals surface area contributed by atoms with Crippen molar-refractivity contribution < 1.29 is 22.8 Å². The molecule has 10 heteroatoms. The zero-order valence-electron chi connectivity index (χ0n) is 18.7. The minimum atomic E-state index is -4.79. The molecular weight excluding hydrogens is 502 g/mol. The van der Waals surface area contributed by atoms with E-state index in [1.54, 1.807) is 37.2 Å². The van der Waals surface area contributed by atoms with E-state index in [2.05, 4.69) is 10.6 Å². The minimum Gasteiger partial charge on any atom is -0.374 e. The largest absolute Gasteiger partial charge is 0.435 e. The summed E-state index contributed by atoms with van der Waals surface area (Å²) in [6.07, 6.45) is -5.36. The topological polar surface area (TPSA) is 53.9 Å². The predicted molar refractivity (Wildman–Crippen MR) is 130 cm³/mol. The number of rotatable bonds is 5. The number of oxime groups is 1. The number of benzene rings is 3. The van der Waals surface area contributed by atoms with E-state index < -0.39 is 18.2 Å². The molecule has 1 N–H and O–H groups in total. The van der Waals surface area contributed by atoms with Gasteiger partial charge in [0.15, 0.2) is 0 Å². The van der Waals surface area contributed by atoms with Crippen molar-refractivity contribution in [2.45, 2.75) is 25.1 Å². The van der Waals surface area contributed by atoms with E-state index >= 15 is 0 Å². The summed E-state index contributed by atoms with van der Waals surface area (Å²) in [5.41, 5.74) is 2.05. The van der Waals surface area contributed by atoms with Gasteiger partial charge >= 0.3 is 6.18 Å². The summed E-state index contributed by atoms with van der Waals surface area (Å²) in [4.78, 5) is 17.8. The summed E-state index contributed by atoms with van der Waals surface area (Å²) < 4.78 is 42.7. The number of hydrazine groups is 1. The standard InChI is InChI=1S/C25H20Cl2F3N3O2/c1-15-10-16(8-9-21(15)23(34)31-33(2)20-6-4-3-5-7-20)22-14-24(35-32-22,25(28,29)30)17-11-18(26)13-19(27)12-17/h3-13H,14H2,1-2H3,(H,31,34). The third-order valence-corrected chi connectivity index (χ3v) is 6.17. The second-order valence-electron chi connectivity index (χ2n) is 8.15. The number of para-hydroxylation sites is 1. The van der Waals surface area contributed by atoms with Crippen LogP contribution in [0.15, 0.2) is 71.9 Å². The Morgan fingerprint density at radius 2 is 1.71 bits per heavy atom. The van der Waals surface area contributed by atoms with E-state index in [9.17, 15) is 18.0 Å². The van der Waals surface area contributed by atoms with Crippen LogP contribution in [0.25, 0.3) is 0 Å². The minimum absolute atomic E-state index is 0.0554. The lowest BCUT2D eigenvalue weighted by Crippen LogP contribution is -2.42. The molecule has 3 aromatic carbocycles. The molecule has 3 aromatic rings. The normalized spacial score (nSPS) is 17.5. The molecule has 1 amide bonds. The molecule has 1 aliphatic rings. The molecule has 0 bridgehead atoms. The maximum atomic E-state index is 14.2.